The summed E-state index contributed by atoms with van der Waals surface area (Å²) in [5, 5.41) is 0. The van der Waals surface area contributed by atoms with Crippen LogP contribution in [0.5, 0.6) is 11.6 Å². The molecule has 0 aliphatic heterocycles. The van der Waals surface area contributed by atoms with Gasteiger partial charge in [0.1, 0.15) is 10.7 Å². The summed E-state index contributed by atoms with van der Waals surface area (Å²) >= 11 is 5.01. The molecule has 1 heterocycles. The minimum atomic E-state index is 0.285. The van der Waals surface area contributed by atoms with Gasteiger partial charge in [-0.15, -0.1) is 0 Å². The smallest absolute Gasteiger partial charge is 0.229 e. The van der Waals surface area contributed by atoms with Gasteiger partial charge in [0.15, 0.2) is 0 Å². The van der Waals surface area contributed by atoms with E-state index in [0.29, 0.717) is 11.4 Å². The number of pyridine rings is 1. The molecule has 3 nitrogen and oxygen atoms in total. The molecular formula is C15H16N2OS. The van der Waals surface area contributed by atoms with Gasteiger partial charge in [-0.1, -0.05) is 31.3 Å². The maximum atomic E-state index is 5.77. The maximum absolute atomic E-state index is 5.77. The third-order valence-electron chi connectivity index (χ3n) is 2.81. The van der Waals surface area contributed by atoms with Crippen molar-refractivity contribution in [2.24, 2.45) is 5.73 Å². The predicted molar refractivity (Wildman–Crippen MR) is 80.8 cm³/mol. The van der Waals surface area contributed by atoms with E-state index in [9.17, 15) is 0 Å². The van der Waals surface area contributed by atoms with E-state index in [0.717, 1.165) is 17.9 Å². The lowest BCUT2D eigenvalue weighted by Gasteiger charge is -2.10. The first-order chi connectivity index (χ1) is 9.10. The lowest BCUT2D eigenvalue weighted by atomic mass is 10.2. The molecule has 0 saturated heterocycles. The molecule has 19 heavy (non-hydrogen) atoms. The summed E-state index contributed by atoms with van der Waals surface area (Å²) in [5.74, 6) is 1.18. The number of hydrogen-bond donors (Lipinski definition) is 1. The Morgan fingerprint density at radius 1 is 1.21 bits per heavy atom. The van der Waals surface area contributed by atoms with Crippen LogP contribution < -0.4 is 10.5 Å². The molecule has 0 saturated carbocycles. The summed E-state index contributed by atoms with van der Waals surface area (Å²) in [6.45, 7) is 4.01. The third-order valence-corrected chi connectivity index (χ3v) is 3.03. The Labute approximate surface area is 118 Å². The zero-order valence-electron chi connectivity index (χ0n) is 11.0. The fourth-order valence-electron chi connectivity index (χ4n) is 1.70. The van der Waals surface area contributed by atoms with Crippen molar-refractivity contribution < 1.29 is 4.74 Å². The Hall–Kier alpha value is -1.94. The molecule has 0 aliphatic rings. The van der Waals surface area contributed by atoms with Crippen LogP contribution in [0.25, 0.3) is 0 Å². The molecule has 1 aromatic carbocycles. The highest BCUT2D eigenvalue weighted by atomic mass is 32.1. The van der Waals surface area contributed by atoms with Crippen molar-refractivity contribution >= 4 is 17.2 Å². The molecule has 2 aromatic rings. The number of rotatable bonds is 4. The Morgan fingerprint density at radius 2 is 1.89 bits per heavy atom. The fourth-order valence-corrected chi connectivity index (χ4v) is 1.86. The minimum absolute atomic E-state index is 0.285. The standard InChI is InChI=1S/C15H16N2OS/c1-3-11-5-7-12(8-6-11)18-15-13(14(16)19)9-4-10(2)17-15/h4-9H,3H2,1-2H3,(H2,16,19). The largest absolute Gasteiger partial charge is 0.438 e. The van der Waals surface area contributed by atoms with Gasteiger partial charge in [0.25, 0.3) is 0 Å². The molecule has 0 spiro atoms. The van der Waals surface area contributed by atoms with Crippen LogP contribution in [0.1, 0.15) is 23.7 Å². The summed E-state index contributed by atoms with van der Waals surface area (Å²) in [5.41, 5.74) is 8.45. The van der Waals surface area contributed by atoms with Crippen molar-refractivity contribution in [3.63, 3.8) is 0 Å². The lowest BCUT2D eigenvalue weighted by molar-refractivity contribution is 0.460. The monoisotopic (exact) mass is 272 g/mol. The third kappa shape index (κ3) is 3.29. The molecule has 0 atom stereocenters. The summed E-state index contributed by atoms with van der Waals surface area (Å²) in [7, 11) is 0. The summed E-state index contributed by atoms with van der Waals surface area (Å²) < 4.78 is 5.77. The van der Waals surface area contributed by atoms with Crippen LogP contribution >= 0.6 is 12.2 Å². The number of thiocarbonyl (C=S) groups is 1. The number of benzene rings is 1. The first-order valence-electron chi connectivity index (χ1n) is 6.14. The Bertz CT molecular complexity index is 594. The van der Waals surface area contributed by atoms with Crippen LogP contribution in [0.2, 0.25) is 0 Å². The second-order valence-electron chi connectivity index (χ2n) is 4.27. The minimum Gasteiger partial charge on any atom is -0.438 e. The average Bonchev–Trinajstić information content (AvgIpc) is 2.39. The average molecular weight is 272 g/mol. The molecular weight excluding hydrogens is 256 g/mol. The molecule has 0 radical (unpaired) electrons. The van der Waals surface area contributed by atoms with Gasteiger partial charge in [-0.3, -0.25) is 0 Å². The van der Waals surface area contributed by atoms with Crippen molar-refractivity contribution in [2.75, 3.05) is 0 Å². The van der Waals surface area contributed by atoms with Gasteiger partial charge in [-0.05, 0) is 43.2 Å². The first-order valence-corrected chi connectivity index (χ1v) is 6.55. The van der Waals surface area contributed by atoms with Crippen LogP contribution in [0, 0.1) is 6.92 Å². The SMILES string of the molecule is CCc1ccc(Oc2nc(C)ccc2C(N)=S)cc1. The molecule has 98 valence electrons. The van der Waals surface area contributed by atoms with Crippen LogP contribution in [-0.2, 0) is 6.42 Å². The highest BCUT2D eigenvalue weighted by molar-refractivity contribution is 7.80. The van der Waals surface area contributed by atoms with E-state index in [1.54, 1.807) is 0 Å². The number of aromatic nitrogens is 1. The second-order valence-corrected chi connectivity index (χ2v) is 4.71. The van der Waals surface area contributed by atoms with Crippen molar-refractivity contribution in [1.29, 1.82) is 0 Å². The molecule has 0 aliphatic carbocycles. The lowest BCUT2D eigenvalue weighted by Crippen LogP contribution is -2.11. The zero-order valence-corrected chi connectivity index (χ0v) is 11.8. The van der Waals surface area contributed by atoms with E-state index in [-0.39, 0.29) is 4.99 Å². The van der Waals surface area contributed by atoms with Crippen molar-refractivity contribution in [3.05, 3.63) is 53.2 Å². The van der Waals surface area contributed by atoms with Crippen LogP contribution in [0.3, 0.4) is 0 Å². The van der Waals surface area contributed by atoms with Gasteiger partial charge in [0.2, 0.25) is 5.88 Å². The number of nitrogens with two attached hydrogens (primary N) is 1. The maximum Gasteiger partial charge on any atom is 0.229 e. The topological polar surface area (TPSA) is 48.1 Å². The summed E-state index contributed by atoms with van der Waals surface area (Å²) in [6.07, 6.45) is 1.00. The van der Waals surface area contributed by atoms with Crippen molar-refractivity contribution in [3.8, 4) is 11.6 Å². The molecule has 2 rings (SSSR count). The normalized spacial score (nSPS) is 10.2. The highest BCUT2D eigenvalue weighted by Crippen LogP contribution is 2.24. The van der Waals surface area contributed by atoms with Crippen molar-refractivity contribution in [2.45, 2.75) is 20.3 Å². The predicted octanol–water partition coefficient (Wildman–Crippen LogP) is 3.38. The van der Waals surface area contributed by atoms with Gasteiger partial charge in [0, 0.05) is 5.69 Å². The Morgan fingerprint density at radius 3 is 2.47 bits per heavy atom. The molecule has 2 N–H and O–H groups in total. The molecule has 0 amide bonds. The first kappa shape index (κ1) is 13.5. The van der Waals surface area contributed by atoms with Crippen molar-refractivity contribution in [1.82, 2.24) is 4.98 Å². The number of hydrogen-bond acceptors (Lipinski definition) is 3. The van der Waals surface area contributed by atoms with E-state index in [1.807, 2.05) is 43.3 Å². The number of ether oxygens (including phenoxy) is 1. The quantitative estimate of drug-likeness (QED) is 0.867. The number of aryl methyl sites for hydroxylation is 2. The zero-order chi connectivity index (χ0) is 13.8. The summed E-state index contributed by atoms with van der Waals surface area (Å²) in [4.78, 5) is 4.63. The van der Waals surface area contributed by atoms with Gasteiger partial charge >= 0.3 is 0 Å². The van der Waals surface area contributed by atoms with Crippen LogP contribution in [0.4, 0.5) is 0 Å². The second kappa shape index (κ2) is 5.80. The molecule has 0 fully saturated rings. The molecule has 4 heteroatoms. The Balaban J connectivity index is 2.31. The van der Waals surface area contributed by atoms with E-state index >= 15 is 0 Å². The van der Waals surface area contributed by atoms with E-state index in [1.165, 1.54) is 5.56 Å². The van der Waals surface area contributed by atoms with Gasteiger partial charge < -0.3 is 10.5 Å². The number of nitrogens with zero attached hydrogens (tertiary/aromatic N) is 1. The fraction of sp³-hybridized carbons (Fsp3) is 0.200. The van der Waals surface area contributed by atoms with E-state index in [4.69, 9.17) is 22.7 Å². The van der Waals surface area contributed by atoms with Crippen LogP contribution in [0.15, 0.2) is 36.4 Å². The molecule has 1 aromatic heterocycles. The highest BCUT2D eigenvalue weighted by Gasteiger charge is 2.09. The molecule has 0 bridgehead atoms. The van der Waals surface area contributed by atoms with Gasteiger partial charge in [-0.25, -0.2) is 4.98 Å². The van der Waals surface area contributed by atoms with E-state index < -0.39 is 0 Å². The van der Waals surface area contributed by atoms with Gasteiger partial charge in [0.05, 0.1) is 5.56 Å². The van der Waals surface area contributed by atoms with Crippen LogP contribution in [-0.4, -0.2) is 9.97 Å². The van der Waals surface area contributed by atoms with Gasteiger partial charge in [-0.2, -0.15) is 0 Å². The summed E-state index contributed by atoms with van der Waals surface area (Å²) in [6, 6.07) is 11.6. The Kier molecular flexibility index (Phi) is 4.12. The molecule has 0 unspecified atom stereocenters. The van der Waals surface area contributed by atoms with E-state index in [2.05, 4.69) is 11.9 Å².